The highest BCUT2D eigenvalue weighted by Gasteiger charge is 2.20. The van der Waals surface area contributed by atoms with Crippen molar-refractivity contribution in [2.75, 3.05) is 19.6 Å². The van der Waals surface area contributed by atoms with Crippen LogP contribution in [0.1, 0.15) is 24.1 Å². The maximum absolute atomic E-state index is 12.4. The number of piperidine rings is 1. The normalized spacial score (nSPS) is 16.2. The Morgan fingerprint density at radius 1 is 1.53 bits per heavy atom. The number of nitrogens with one attached hydrogen (secondary N) is 1. The van der Waals surface area contributed by atoms with Crippen LogP contribution in [0.2, 0.25) is 0 Å². The molecule has 19 heavy (non-hydrogen) atoms. The van der Waals surface area contributed by atoms with Crippen molar-refractivity contribution in [1.82, 2.24) is 10.2 Å². The Balaban J connectivity index is 1.89. The second-order valence-electron chi connectivity index (χ2n) is 5.04. The zero-order chi connectivity index (χ0) is 13.5. The van der Waals surface area contributed by atoms with Gasteiger partial charge in [-0.1, -0.05) is 12.1 Å². The molecule has 0 unspecified atom stereocenters. The fourth-order valence-corrected chi connectivity index (χ4v) is 3.18. The molecule has 1 saturated heterocycles. The summed E-state index contributed by atoms with van der Waals surface area (Å²) in [5.41, 5.74) is 0. The van der Waals surface area contributed by atoms with E-state index in [0.717, 1.165) is 25.9 Å². The van der Waals surface area contributed by atoms with Gasteiger partial charge in [-0.05, 0) is 43.3 Å². The highest BCUT2D eigenvalue weighted by Crippen LogP contribution is 2.19. The van der Waals surface area contributed by atoms with Crippen molar-refractivity contribution in [2.45, 2.75) is 25.8 Å². The van der Waals surface area contributed by atoms with Gasteiger partial charge in [0.1, 0.15) is 0 Å². The van der Waals surface area contributed by atoms with Crippen LogP contribution in [0.4, 0.5) is 0 Å². The molecule has 0 aromatic carbocycles. The number of carbonyl (C=O) groups excluding carboxylic acids is 1. The molecular weight excluding hydrogens is 256 g/mol. The molecule has 0 atom stereocenters. The first-order valence-corrected chi connectivity index (χ1v) is 7.79. The van der Waals surface area contributed by atoms with Gasteiger partial charge >= 0.3 is 0 Å². The molecule has 1 aliphatic heterocycles. The van der Waals surface area contributed by atoms with Crippen LogP contribution in [0.25, 0.3) is 0 Å². The van der Waals surface area contributed by atoms with Gasteiger partial charge < -0.3 is 10.2 Å². The number of nitrogens with zero attached hydrogens (tertiary/aromatic N) is 1. The Kier molecular flexibility index (Phi) is 5.61. The van der Waals surface area contributed by atoms with E-state index in [2.05, 4.69) is 23.3 Å². The summed E-state index contributed by atoms with van der Waals surface area (Å²) in [4.78, 5) is 15.5. The summed E-state index contributed by atoms with van der Waals surface area (Å²) in [5.74, 6) is 0.810. The first kappa shape index (κ1) is 14.3. The summed E-state index contributed by atoms with van der Waals surface area (Å²) in [7, 11) is 0. The zero-order valence-electron chi connectivity index (χ0n) is 11.3. The highest BCUT2D eigenvalue weighted by molar-refractivity contribution is 7.09. The molecule has 1 aliphatic rings. The molecule has 0 spiro atoms. The minimum absolute atomic E-state index is 0.264. The van der Waals surface area contributed by atoms with E-state index in [9.17, 15) is 4.79 Å². The summed E-state index contributed by atoms with van der Waals surface area (Å²) in [6.07, 6.45) is 4.73. The summed E-state index contributed by atoms with van der Waals surface area (Å²) in [6.45, 7) is 7.21. The van der Waals surface area contributed by atoms with Gasteiger partial charge in [0.2, 0.25) is 5.91 Å². The first-order chi connectivity index (χ1) is 9.29. The Morgan fingerprint density at radius 2 is 2.32 bits per heavy atom. The lowest BCUT2D eigenvalue weighted by Crippen LogP contribution is -2.35. The molecule has 0 radical (unpaired) electrons. The average Bonchev–Trinajstić information content (AvgIpc) is 2.92. The number of hydrogen-bond donors (Lipinski definition) is 1. The van der Waals surface area contributed by atoms with E-state index in [1.807, 2.05) is 17.0 Å². The molecule has 0 bridgehead atoms. The molecule has 1 amide bonds. The van der Waals surface area contributed by atoms with Crippen LogP contribution < -0.4 is 5.32 Å². The maximum Gasteiger partial charge on any atom is 0.223 e. The Morgan fingerprint density at radius 3 is 2.95 bits per heavy atom. The molecular formula is C15H22N2OS. The van der Waals surface area contributed by atoms with Crippen molar-refractivity contribution >= 4 is 17.2 Å². The SMILES string of the molecule is C=CCN(Cc1cccs1)C(=O)CC1CCNCC1. The molecule has 4 heteroatoms. The van der Waals surface area contributed by atoms with Crippen LogP contribution in [0, 0.1) is 5.92 Å². The van der Waals surface area contributed by atoms with Crippen LogP contribution in [0.5, 0.6) is 0 Å². The van der Waals surface area contributed by atoms with E-state index in [4.69, 9.17) is 0 Å². The van der Waals surface area contributed by atoms with Gasteiger partial charge in [-0.3, -0.25) is 4.79 Å². The lowest BCUT2D eigenvalue weighted by Gasteiger charge is -2.26. The van der Waals surface area contributed by atoms with E-state index in [1.165, 1.54) is 4.88 Å². The van der Waals surface area contributed by atoms with Crippen LogP contribution in [-0.2, 0) is 11.3 Å². The van der Waals surface area contributed by atoms with Crippen LogP contribution in [-0.4, -0.2) is 30.4 Å². The lowest BCUT2D eigenvalue weighted by atomic mass is 9.94. The minimum Gasteiger partial charge on any atom is -0.334 e. The lowest BCUT2D eigenvalue weighted by molar-refractivity contribution is -0.132. The number of hydrogen-bond acceptors (Lipinski definition) is 3. The van der Waals surface area contributed by atoms with Crippen molar-refractivity contribution in [3.8, 4) is 0 Å². The standard InChI is InChI=1S/C15H22N2OS/c1-2-9-17(12-14-4-3-10-19-14)15(18)11-13-5-7-16-8-6-13/h2-4,10,13,16H,1,5-9,11-12H2. The Labute approximate surface area is 119 Å². The van der Waals surface area contributed by atoms with Crippen molar-refractivity contribution in [3.05, 3.63) is 35.0 Å². The predicted molar refractivity (Wildman–Crippen MR) is 80.1 cm³/mol. The number of thiophene rings is 1. The van der Waals surface area contributed by atoms with E-state index in [0.29, 0.717) is 25.4 Å². The molecule has 1 aromatic heterocycles. The Bertz CT molecular complexity index is 396. The second kappa shape index (κ2) is 7.46. The largest absolute Gasteiger partial charge is 0.334 e. The van der Waals surface area contributed by atoms with E-state index in [1.54, 1.807) is 11.3 Å². The number of rotatable bonds is 6. The van der Waals surface area contributed by atoms with Crippen molar-refractivity contribution in [1.29, 1.82) is 0 Å². The Hall–Kier alpha value is -1.13. The fraction of sp³-hybridized carbons (Fsp3) is 0.533. The average molecular weight is 278 g/mol. The number of carbonyl (C=O) groups is 1. The quantitative estimate of drug-likeness (QED) is 0.811. The summed E-state index contributed by atoms with van der Waals surface area (Å²) in [6, 6.07) is 4.11. The molecule has 0 aliphatic carbocycles. The zero-order valence-corrected chi connectivity index (χ0v) is 12.1. The topological polar surface area (TPSA) is 32.3 Å². The third-order valence-electron chi connectivity index (χ3n) is 3.55. The molecule has 1 N–H and O–H groups in total. The summed E-state index contributed by atoms with van der Waals surface area (Å²) in [5, 5.41) is 5.39. The van der Waals surface area contributed by atoms with Gasteiger partial charge in [0.25, 0.3) is 0 Å². The maximum atomic E-state index is 12.4. The molecule has 3 nitrogen and oxygen atoms in total. The smallest absolute Gasteiger partial charge is 0.223 e. The van der Waals surface area contributed by atoms with Gasteiger partial charge in [-0.2, -0.15) is 0 Å². The number of amides is 1. The predicted octanol–water partition coefficient (Wildman–Crippen LogP) is 2.65. The molecule has 1 fully saturated rings. The van der Waals surface area contributed by atoms with E-state index in [-0.39, 0.29) is 5.91 Å². The van der Waals surface area contributed by atoms with Crippen molar-refractivity contribution < 1.29 is 4.79 Å². The molecule has 2 rings (SSSR count). The monoisotopic (exact) mass is 278 g/mol. The second-order valence-corrected chi connectivity index (χ2v) is 6.07. The van der Waals surface area contributed by atoms with Crippen LogP contribution >= 0.6 is 11.3 Å². The fourth-order valence-electron chi connectivity index (χ4n) is 2.46. The summed E-state index contributed by atoms with van der Waals surface area (Å²) < 4.78 is 0. The van der Waals surface area contributed by atoms with Crippen LogP contribution in [0.3, 0.4) is 0 Å². The highest BCUT2D eigenvalue weighted by atomic mass is 32.1. The van der Waals surface area contributed by atoms with Gasteiger partial charge in [-0.25, -0.2) is 0 Å². The molecule has 2 heterocycles. The molecule has 104 valence electrons. The van der Waals surface area contributed by atoms with Gasteiger partial charge in [0.15, 0.2) is 0 Å². The van der Waals surface area contributed by atoms with Gasteiger partial charge in [-0.15, -0.1) is 17.9 Å². The first-order valence-electron chi connectivity index (χ1n) is 6.91. The van der Waals surface area contributed by atoms with Gasteiger partial charge in [0, 0.05) is 17.8 Å². The summed E-state index contributed by atoms with van der Waals surface area (Å²) >= 11 is 1.70. The molecule has 0 saturated carbocycles. The third-order valence-corrected chi connectivity index (χ3v) is 4.41. The minimum atomic E-state index is 0.264. The van der Waals surface area contributed by atoms with Gasteiger partial charge in [0.05, 0.1) is 6.54 Å². The third kappa shape index (κ3) is 4.48. The van der Waals surface area contributed by atoms with E-state index < -0.39 is 0 Å². The van der Waals surface area contributed by atoms with Crippen LogP contribution in [0.15, 0.2) is 30.2 Å². The molecule has 1 aromatic rings. The van der Waals surface area contributed by atoms with Crippen molar-refractivity contribution in [2.24, 2.45) is 5.92 Å². The van der Waals surface area contributed by atoms with E-state index >= 15 is 0 Å². The van der Waals surface area contributed by atoms with Crippen molar-refractivity contribution in [3.63, 3.8) is 0 Å².